The van der Waals surface area contributed by atoms with Gasteiger partial charge in [-0.2, -0.15) is 0 Å². The Morgan fingerprint density at radius 3 is 2.39 bits per heavy atom. The molecule has 2 unspecified atom stereocenters. The van der Waals surface area contributed by atoms with Crippen LogP contribution in [0.15, 0.2) is 24.5 Å². The highest BCUT2D eigenvalue weighted by molar-refractivity contribution is 6.05. The number of pyridine rings is 1. The zero-order valence-corrected chi connectivity index (χ0v) is 10.2. The van der Waals surface area contributed by atoms with Crippen molar-refractivity contribution in [3.8, 4) is 0 Å². The van der Waals surface area contributed by atoms with Crippen molar-refractivity contribution in [1.82, 2.24) is 9.88 Å². The first-order valence-electron chi connectivity index (χ1n) is 6.51. The normalized spacial score (nSPS) is 27.4. The summed E-state index contributed by atoms with van der Waals surface area (Å²) in [5, 5.41) is 0. The third kappa shape index (κ3) is 1.82. The van der Waals surface area contributed by atoms with E-state index in [2.05, 4.69) is 4.98 Å². The molecule has 0 radical (unpaired) electrons. The summed E-state index contributed by atoms with van der Waals surface area (Å²) in [6, 6.07) is 3.73. The van der Waals surface area contributed by atoms with Crippen molar-refractivity contribution in [2.45, 2.75) is 32.2 Å². The second-order valence-electron chi connectivity index (χ2n) is 5.12. The van der Waals surface area contributed by atoms with Gasteiger partial charge < -0.3 is 0 Å². The van der Waals surface area contributed by atoms with E-state index in [0.29, 0.717) is 6.54 Å². The minimum absolute atomic E-state index is 0.0218. The SMILES string of the molecule is O=C1C2CCCCC2C(=O)N1Cc1cccnc1. The van der Waals surface area contributed by atoms with Crippen molar-refractivity contribution in [3.05, 3.63) is 30.1 Å². The topological polar surface area (TPSA) is 50.3 Å². The fraction of sp³-hybridized carbons (Fsp3) is 0.500. The fourth-order valence-electron chi connectivity index (χ4n) is 3.06. The Hall–Kier alpha value is -1.71. The van der Waals surface area contributed by atoms with E-state index in [0.717, 1.165) is 31.2 Å². The van der Waals surface area contributed by atoms with Crippen molar-refractivity contribution < 1.29 is 9.59 Å². The average molecular weight is 244 g/mol. The number of amides is 2. The van der Waals surface area contributed by atoms with Gasteiger partial charge in [0.25, 0.3) is 0 Å². The average Bonchev–Trinajstić information content (AvgIpc) is 2.66. The summed E-state index contributed by atoms with van der Waals surface area (Å²) in [5.74, 6) is -0.0621. The minimum Gasteiger partial charge on any atom is -0.278 e. The highest BCUT2D eigenvalue weighted by atomic mass is 16.2. The lowest BCUT2D eigenvalue weighted by molar-refractivity contribution is -0.140. The van der Waals surface area contributed by atoms with E-state index in [4.69, 9.17) is 0 Å². The van der Waals surface area contributed by atoms with Crippen molar-refractivity contribution >= 4 is 11.8 Å². The van der Waals surface area contributed by atoms with Gasteiger partial charge in [-0.1, -0.05) is 18.9 Å². The number of hydrogen-bond donors (Lipinski definition) is 0. The molecule has 0 aromatic carbocycles. The molecular formula is C14H16N2O2. The number of likely N-dealkylation sites (tertiary alicyclic amines) is 1. The molecule has 2 fully saturated rings. The Morgan fingerprint density at radius 2 is 1.83 bits per heavy atom. The summed E-state index contributed by atoms with van der Waals surface area (Å²) >= 11 is 0. The molecule has 4 heteroatoms. The van der Waals surface area contributed by atoms with Crippen molar-refractivity contribution in [1.29, 1.82) is 0 Å². The van der Waals surface area contributed by atoms with Crippen LogP contribution in [0.2, 0.25) is 0 Å². The highest BCUT2D eigenvalue weighted by Gasteiger charge is 2.47. The molecule has 2 heterocycles. The molecule has 1 saturated heterocycles. The molecule has 0 N–H and O–H groups in total. The number of carbonyl (C=O) groups excluding carboxylic acids is 2. The van der Waals surface area contributed by atoms with Crippen LogP contribution in [0.1, 0.15) is 31.2 Å². The Kier molecular flexibility index (Phi) is 2.86. The van der Waals surface area contributed by atoms with Crippen LogP contribution in [0.4, 0.5) is 0 Å². The Labute approximate surface area is 106 Å². The molecule has 1 aromatic heterocycles. The molecule has 4 nitrogen and oxygen atoms in total. The van der Waals surface area contributed by atoms with Crippen molar-refractivity contribution in [2.24, 2.45) is 11.8 Å². The summed E-state index contributed by atoms with van der Waals surface area (Å²) < 4.78 is 0. The van der Waals surface area contributed by atoms with Gasteiger partial charge in [0.05, 0.1) is 18.4 Å². The molecule has 2 aliphatic rings. The molecule has 2 atom stereocenters. The number of imide groups is 1. The van der Waals surface area contributed by atoms with Crippen LogP contribution in [0, 0.1) is 11.8 Å². The lowest BCUT2D eigenvalue weighted by Crippen LogP contribution is -2.30. The number of nitrogens with zero attached hydrogens (tertiary/aromatic N) is 2. The lowest BCUT2D eigenvalue weighted by Gasteiger charge is -2.19. The first-order valence-corrected chi connectivity index (χ1v) is 6.51. The van der Waals surface area contributed by atoms with Gasteiger partial charge in [-0.3, -0.25) is 19.5 Å². The molecule has 94 valence electrons. The van der Waals surface area contributed by atoms with E-state index in [-0.39, 0.29) is 23.7 Å². The number of rotatable bonds is 2. The van der Waals surface area contributed by atoms with Gasteiger partial charge in [0.15, 0.2) is 0 Å². The maximum absolute atomic E-state index is 12.2. The third-order valence-corrected chi connectivity index (χ3v) is 4.00. The van der Waals surface area contributed by atoms with Gasteiger partial charge >= 0.3 is 0 Å². The molecule has 1 saturated carbocycles. The standard InChI is InChI=1S/C14H16N2O2/c17-13-11-5-1-2-6-12(11)14(18)16(13)9-10-4-3-7-15-8-10/h3-4,7-8,11-12H,1-2,5-6,9H2. The molecule has 1 aliphatic carbocycles. The Balaban J connectivity index is 1.80. The van der Waals surface area contributed by atoms with Crippen LogP contribution < -0.4 is 0 Å². The summed E-state index contributed by atoms with van der Waals surface area (Å²) in [4.78, 5) is 29.9. The first-order chi connectivity index (χ1) is 8.77. The second kappa shape index (κ2) is 4.52. The zero-order valence-electron chi connectivity index (χ0n) is 10.2. The highest BCUT2D eigenvalue weighted by Crippen LogP contribution is 2.38. The summed E-state index contributed by atoms with van der Waals surface area (Å²) in [6.45, 7) is 0.374. The maximum Gasteiger partial charge on any atom is 0.233 e. The van der Waals surface area contributed by atoms with E-state index in [1.165, 1.54) is 4.90 Å². The van der Waals surface area contributed by atoms with E-state index >= 15 is 0 Å². The van der Waals surface area contributed by atoms with Gasteiger partial charge in [-0.15, -0.1) is 0 Å². The summed E-state index contributed by atoms with van der Waals surface area (Å²) in [7, 11) is 0. The van der Waals surface area contributed by atoms with E-state index in [1.54, 1.807) is 12.4 Å². The third-order valence-electron chi connectivity index (χ3n) is 4.00. The van der Waals surface area contributed by atoms with E-state index in [9.17, 15) is 9.59 Å². The number of aromatic nitrogens is 1. The zero-order chi connectivity index (χ0) is 12.5. The fourth-order valence-corrected chi connectivity index (χ4v) is 3.06. The van der Waals surface area contributed by atoms with E-state index in [1.807, 2.05) is 12.1 Å². The molecule has 2 amide bonds. The number of fused-ring (bicyclic) bond motifs is 1. The van der Waals surface area contributed by atoms with Crippen LogP contribution in [0.25, 0.3) is 0 Å². The molecule has 0 bridgehead atoms. The molecular weight excluding hydrogens is 228 g/mol. The van der Waals surface area contributed by atoms with Crippen LogP contribution in [-0.4, -0.2) is 21.7 Å². The van der Waals surface area contributed by atoms with Crippen LogP contribution in [0.5, 0.6) is 0 Å². The smallest absolute Gasteiger partial charge is 0.233 e. The molecule has 18 heavy (non-hydrogen) atoms. The van der Waals surface area contributed by atoms with Gasteiger partial charge in [0, 0.05) is 12.4 Å². The quantitative estimate of drug-likeness (QED) is 0.745. The van der Waals surface area contributed by atoms with Crippen molar-refractivity contribution in [2.75, 3.05) is 0 Å². The summed E-state index contributed by atoms with van der Waals surface area (Å²) in [5.41, 5.74) is 0.915. The largest absolute Gasteiger partial charge is 0.278 e. The predicted molar refractivity (Wildman–Crippen MR) is 65.2 cm³/mol. The molecule has 0 spiro atoms. The monoisotopic (exact) mass is 244 g/mol. The minimum atomic E-state index is -0.0529. The molecule has 1 aliphatic heterocycles. The van der Waals surface area contributed by atoms with Crippen LogP contribution in [0.3, 0.4) is 0 Å². The lowest BCUT2D eigenvalue weighted by atomic mass is 9.81. The Morgan fingerprint density at radius 1 is 1.17 bits per heavy atom. The van der Waals surface area contributed by atoms with Crippen molar-refractivity contribution in [3.63, 3.8) is 0 Å². The Bertz CT molecular complexity index is 448. The summed E-state index contributed by atoms with van der Waals surface area (Å²) in [6.07, 6.45) is 7.29. The first kappa shape index (κ1) is 11.4. The molecule has 1 aromatic rings. The van der Waals surface area contributed by atoms with Crippen LogP contribution >= 0.6 is 0 Å². The van der Waals surface area contributed by atoms with Gasteiger partial charge in [0.1, 0.15) is 0 Å². The number of carbonyl (C=O) groups is 2. The van der Waals surface area contributed by atoms with Crippen LogP contribution in [-0.2, 0) is 16.1 Å². The maximum atomic E-state index is 12.2. The predicted octanol–water partition coefficient (Wildman–Crippen LogP) is 1.76. The van der Waals surface area contributed by atoms with E-state index < -0.39 is 0 Å². The number of hydrogen-bond acceptors (Lipinski definition) is 3. The second-order valence-corrected chi connectivity index (χ2v) is 5.12. The molecule has 3 rings (SSSR count). The van der Waals surface area contributed by atoms with Gasteiger partial charge in [-0.05, 0) is 24.5 Å². The van der Waals surface area contributed by atoms with Gasteiger partial charge in [0.2, 0.25) is 11.8 Å². The van der Waals surface area contributed by atoms with Gasteiger partial charge in [-0.25, -0.2) is 0 Å².